The molecule has 29 heavy (non-hydrogen) atoms. The van der Waals surface area contributed by atoms with Crippen LogP contribution in [0.25, 0.3) is 10.2 Å². The Morgan fingerprint density at radius 2 is 1.93 bits per heavy atom. The molecule has 3 atom stereocenters. The van der Waals surface area contributed by atoms with Crippen molar-refractivity contribution < 1.29 is 9.53 Å². The van der Waals surface area contributed by atoms with E-state index in [-0.39, 0.29) is 18.3 Å². The molecule has 0 N–H and O–H groups in total. The van der Waals surface area contributed by atoms with Crippen molar-refractivity contribution in [1.82, 2.24) is 14.8 Å². The number of nitrogens with zero attached hydrogens (tertiary/aromatic N) is 3. The fourth-order valence-corrected chi connectivity index (χ4v) is 5.56. The topological polar surface area (TPSA) is 45.7 Å². The van der Waals surface area contributed by atoms with Crippen molar-refractivity contribution in [1.29, 1.82) is 0 Å². The number of rotatable bonds is 3. The molecule has 0 unspecified atom stereocenters. The third kappa shape index (κ3) is 3.50. The molecule has 2 aliphatic heterocycles. The number of fused-ring (bicyclic) bond motifs is 2. The van der Waals surface area contributed by atoms with Crippen molar-refractivity contribution in [2.45, 2.75) is 6.04 Å². The summed E-state index contributed by atoms with van der Waals surface area (Å²) in [6, 6.07) is 14.6. The Morgan fingerprint density at radius 3 is 2.69 bits per heavy atom. The number of likely N-dealkylation sites (tertiary alicyclic amines) is 2. The molecule has 3 aromatic rings. The highest BCUT2D eigenvalue weighted by Crippen LogP contribution is 2.44. The van der Waals surface area contributed by atoms with E-state index in [4.69, 9.17) is 4.74 Å². The molecule has 3 heterocycles. The van der Waals surface area contributed by atoms with Crippen molar-refractivity contribution in [3.63, 3.8) is 0 Å². The van der Waals surface area contributed by atoms with Gasteiger partial charge in [0.15, 0.2) is 0 Å². The zero-order valence-corrected chi connectivity index (χ0v) is 18.1. The van der Waals surface area contributed by atoms with Crippen LogP contribution in [0.15, 0.2) is 48.0 Å². The van der Waals surface area contributed by atoms with Gasteiger partial charge < -0.3 is 9.64 Å². The normalized spacial score (nSPS) is 23.8. The molecule has 2 aromatic carbocycles. The number of amides is 1. The van der Waals surface area contributed by atoms with E-state index in [1.54, 1.807) is 18.4 Å². The molecule has 2 fully saturated rings. The Balaban J connectivity index is 0.00000205. The molecule has 2 aliphatic rings. The van der Waals surface area contributed by atoms with Gasteiger partial charge in [0, 0.05) is 37.2 Å². The first kappa shape index (κ1) is 20.1. The van der Waals surface area contributed by atoms with Crippen LogP contribution in [-0.4, -0.2) is 54.5 Å². The van der Waals surface area contributed by atoms with Gasteiger partial charge in [-0.1, -0.05) is 12.1 Å². The molecule has 0 spiro atoms. The maximum Gasteiger partial charge on any atom is 0.253 e. The second-order valence-electron chi connectivity index (χ2n) is 7.83. The van der Waals surface area contributed by atoms with Gasteiger partial charge in [-0.15, -0.1) is 23.7 Å². The summed E-state index contributed by atoms with van der Waals surface area (Å²) in [6.45, 7) is 2.66. The van der Waals surface area contributed by atoms with Crippen molar-refractivity contribution in [3.8, 4) is 5.75 Å². The molecule has 5 nitrogen and oxygen atoms in total. The SMILES string of the molecule is COc1ccc([C@H]2[C@@H]3CN(C(=O)c4ccc5scnc5c4)C[C@@H]3CN2C)cc1.Cl. The maximum atomic E-state index is 13.1. The minimum absolute atomic E-state index is 0. The first-order valence-electron chi connectivity index (χ1n) is 9.61. The van der Waals surface area contributed by atoms with Crippen LogP contribution in [0.4, 0.5) is 0 Å². The van der Waals surface area contributed by atoms with Gasteiger partial charge in [0.25, 0.3) is 5.91 Å². The highest BCUT2D eigenvalue weighted by Gasteiger charge is 2.47. The number of hydrogen-bond acceptors (Lipinski definition) is 5. The lowest BCUT2D eigenvalue weighted by Gasteiger charge is -2.27. The third-order valence-electron chi connectivity index (χ3n) is 6.22. The molecule has 0 saturated carbocycles. The molecule has 0 radical (unpaired) electrons. The first-order chi connectivity index (χ1) is 13.6. The van der Waals surface area contributed by atoms with E-state index in [1.807, 2.05) is 40.7 Å². The fourth-order valence-electron chi connectivity index (χ4n) is 4.90. The number of hydrogen-bond donors (Lipinski definition) is 0. The molecule has 0 bridgehead atoms. The predicted molar refractivity (Wildman–Crippen MR) is 118 cm³/mol. The van der Waals surface area contributed by atoms with Crippen molar-refractivity contribution in [2.24, 2.45) is 11.8 Å². The number of carbonyl (C=O) groups excluding carboxylic acids is 1. The molecule has 2 saturated heterocycles. The molecule has 1 amide bonds. The zero-order valence-electron chi connectivity index (χ0n) is 16.4. The van der Waals surface area contributed by atoms with Crippen LogP contribution in [0, 0.1) is 11.8 Å². The van der Waals surface area contributed by atoms with Crippen molar-refractivity contribution in [3.05, 3.63) is 59.1 Å². The summed E-state index contributed by atoms with van der Waals surface area (Å²) in [7, 11) is 3.88. The molecule has 5 rings (SSSR count). The monoisotopic (exact) mass is 429 g/mol. The smallest absolute Gasteiger partial charge is 0.253 e. The van der Waals surface area contributed by atoms with E-state index in [0.29, 0.717) is 17.9 Å². The van der Waals surface area contributed by atoms with Gasteiger partial charge in [0.05, 0.1) is 22.8 Å². The Labute approximate surface area is 180 Å². The van der Waals surface area contributed by atoms with E-state index < -0.39 is 0 Å². The largest absolute Gasteiger partial charge is 0.497 e. The number of thiazole rings is 1. The summed E-state index contributed by atoms with van der Waals surface area (Å²) < 4.78 is 6.42. The van der Waals surface area contributed by atoms with Gasteiger partial charge in [0.1, 0.15) is 5.75 Å². The standard InChI is InChI=1S/C22H23N3O2S.ClH/c1-24-10-16-11-25(22(26)15-5-8-20-19(9-15)23-13-28-20)12-18(16)21(24)14-3-6-17(27-2)7-4-14;/h3-9,13,16,18,21H,10-12H2,1-2H3;1H/t16-,18+,21-;/m0./s1. The highest BCUT2D eigenvalue weighted by atomic mass is 35.5. The van der Waals surface area contributed by atoms with Crippen LogP contribution in [0.3, 0.4) is 0 Å². The summed E-state index contributed by atoms with van der Waals surface area (Å²) in [6.07, 6.45) is 0. The van der Waals surface area contributed by atoms with Crippen LogP contribution >= 0.6 is 23.7 Å². The van der Waals surface area contributed by atoms with Crippen molar-refractivity contribution >= 4 is 39.9 Å². The van der Waals surface area contributed by atoms with E-state index in [1.165, 1.54) is 5.56 Å². The molecular formula is C22H24ClN3O2S. The van der Waals surface area contributed by atoms with E-state index >= 15 is 0 Å². The highest BCUT2D eigenvalue weighted by molar-refractivity contribution is 7.16. The lowest BCUT2D eigenvalue weighted by Crippen LogP contribution is -2.33. The van der Waals surface area contributed by atoms with Gasteiger partial charge in [-0.3, -0.25) is 9.69 Å². The Bertz CT molecular complexity index is 1020. The van der Waals surface area contributed by atoms with Crippen LogP contribution in [0.5, 0.6) is 5.75 Å². The quantitative estimate of drug-likeness (QED) is 0.628. The maximum absolute atomic E-state index is 13.1. The Morgan fingerprint density at radius 1 is 1.14 bits per heavy atom. The molecular weight excluding hydrogens is 406 g/mol. The van der Waals surface area contributed by atoms with E-state index in [9.17, 15) is 4.79 Å². The number of carbonyl (C=O) groups is 1. The van der Waals surface area contributed by atoms with E-state index in [2.05, 4.69) is 29.1 Å². The van der Waals surface area contributed by atoms with Crippen molar-refractivity contribution in [2.75, 3.05) is 33.8 Å². The second-order valence-corrected chi connectivity index (χ2v) is 8.71. The summed E-state index contributed by atoms with van der Waals surface area (Å²) in [5.74, 6) is 1.98. The van der Waals surface area contributed by atoms with Crippen LogP contribution in [0.1, 0.15) is 22.0 Å². The van der Waals surface area contributed by atoms with E-state index in [0.717, 1.165) is 41.2 Å². The van der Waals surface area contributed by atoms with Gasteiger partial charge in [-0.2, -0.15) is 0 Å². The second kappa shape index (κ2) is 7.94. The minimum atomic E-state index is 0. The lowest BCUT2D eigenvalue weighted by atomic mass is 9.89. The Hall–Kier alpha value is -2.15. The third-order valence-corrected chi connectivity index (χ3v) is 7.03. The molecule has 1 aromatic heterocycles. The molecule has 7 heteroatoms. The minimum Gasteiger partial charge on any atom is -0.497 e. The zero-order chi connectivity index (χ0) is 19.3. The van der Waals surface area contributed by atoms with Gasteiger partial charge >= 0.3 is 0 Å². The average molecular weight is 430 g/mol. The summed E-state index contributed by atoms with van der Waals surface area (Å²) in [4.78, 5) is 21.9. The van der Waals surface area contributed by atoms with Gasteiger partial charge in [-0.05, 0) is 48.9 Å². The molecule has 152 valence electrons. The van der Waals surface area contributed by atoms with Crippen LogP contribution in [0.2, 0.25) is 0 Å². The number of benzene rings is 2. The Kier molecular flexibility index (Phi) is 5.51. The van der Waals surface area contributed by atoms with Crippen LogP contribution in [-0.2, 0) is 0 Å². The van der Waals surface area contributed by atoms with Gasteiger partial charge in [-0.25, -0.2) is 4.98 Å². The number of ether oxygens (including phenoxy) is 1. The average Bonchev–Trinajstić information content (AvgIpc) is 3.41. The summed E-state index contributed by atoms with van der Waals surface area (Å²) >= 11 is 1.60. The fraction of sp³-hybridized carbons (Fsp3) is 0.364. The summed E-state index contributed by atoms with van der Waals surface area (Å²) in [5, 5.41) is 0. The molecule has 0 aliphatic carbocycles. The van der Waals surface area contributed by atoms with Gasteiger partial charge in [0.2, 0.25) is 0 Å². The number of halogens is 1. The number of methoxy groups -OCH3 is 1. The first-order valence-corrected chi connectivity index (χ1v) is 10.5. The predicted octanol–water partition coefficient (Wildman–Crippen LogP) is 4.10. The number of aromatic nitrogens is 1. The van der Waals surface area contributed by atoms with Crippen LogP contribution < -0.4 is 4.74 Å². The summed E-state index contributed by atoms with van der Waals surface area (Å²) in [5.41, 5.74) is 4.78. The lowest BCUT2D eigenvalue weighted by molar-refractivity contribution is 0.0768.